The maximum Gasteiger partial charge on any atom is 0.472 e. The molecule has 0 aliphatic rings. The average molecular weight is 769 g/mol. The zero-order chi connectivity index (χ0) is 39.3. The first-order chi connectivity index (χ1) is 25.5. The Bertz CT molecular complexity index is 1050. The third kappa shape index (κ3) is 39.5. The van der Waals surface area contributed by atoms with Crippen LogP contribution in [0.1, 0.15) is 162 Å². The fraction of sp³-hybridized carbons (Fsp3) is 0.767. The maximum absolute atomic E-state index is 12.6. The Balaban J connectivity index is 4.44. The maximum atomic E-state index is 12.6. The van der Waals surface area contributed by atoms with E-state index < -0.39 is 32.5 Å². The van der Waals surface area contributed by atoms with Gasteiger partial charge in [0.15, 0.2) is 6.10 Å². The van der Waals surface area contributed by atoms with Crippen LogP contribution in [0.5, 0.6) is 0 Å². The third-order valence-corrected chi connectivity index (χ3v) is 9.57. The van der Waals surface area contributed by atoms with Crippen LogP contribution in [0.25, 0.3) is 0 Å². The van der Waals surface area contributed by atoms with Crippen molar-refractivity contribution in [3.8, 4) is 0 Å². The van der Waals surface area contributed by atoms with Gasteiger partial charge in [-0.1, -0.05) is 120 Å². The Morgan fingerprint density at radius 2 is 1.02 bits per heavy atom. The van der Waals surface area contributed by atoms with Crippen molar-refractivity contribution in [2.45, 2.75) is 168 Å². The van der Waals surface area contributed by atoms with Crippen molar-refractivity contribution in [1.29, 1.82) is 0 Å². The van der Waals surface area contributed by atoms with Gasteiger partial charge in [-0.15, -0.1) is 0 Å². The van der Waals surface area contributed by atoms with E-state index in [0.717, 1.165) is 77.0 Å². The van der Waals surface area contributed by atoms with E-state index in [2.05, 4.69) is 62.5 Å². The molecule has 0 radical (unpaired) electrons. The molecule has 0 aromatic heterocycles. The summed E-state index contributed by atoms with van der Waals surface area (Å²) in [5.41, 5.74) is 0. The Hall–Kier alpha value is -2.03. The van der Waals surface area contributed by atoms with E-state index in [0.29, 0.717) is 23.9 Å². The van der Waals surface area contributed by atoms with Crippen LogP contribution in [0.2, 0.25) is 0 Å². The normalized spacial score (nSPS) is 14.2. The van der Waals surface area contributed by atoms with Crippen LogP contribution in [0.15, 0.2) is 48.6 Å². The van der Waals surface area contributed by atoms with E-state index in [4.69, 9.17) is 18.5 Å². The molecular weight excluding hydrogens is 689 g/mol. The molecule has 0 saturated carbocycles. The number of carbonyl (C=O) groups is 2. The van der Waals surface area contributed by atoms with Gasteiger partial charge in [0.1, 0.15) is 19.8 Å². The van der Waals surface area contributed by atoms with Gasteiger partial charge in [0, 0.05) is 12.8 Å². The van der Waals surface area contributed by atoms with Gasteiger partial charge in [-0.25, -0.2) is 4.57 Å². The summed E-state index contributed by atoms with van der Waals surface area (Å²) in [6, 6.07) is 0. The summed E-state index contributed by atoms with van der Waals surface area (Å²) in [7, 11) is 1.45. The summed E-state index contributed by atoms with van der Waals surface area (Å²) < 4.78 is 34.2. The third-order valence-electron chi connectivity index (χ3n) is 8.58. The summed E-state index contributed by atoms with van der Waals surface area (Å²) >= 11 is 0. The van der Waals surface area contributed by atoms with Crippen LogP contribution in [-0.4, -0.2) is 74.9 Å². The first kappa shape index (κ1) is 51.0. The lowest BCUT2D eigenvalue weighted by atomic mass is 10.1. The van der Waals surface area contributed by atoms with Gasteiger partial charge in [-0.2, -0.15) is 0 Å². The zero-order valence-electron chi connectivity index (χ0n) is 34.5. The van der Waals surface area contributed by atoms with Crippen LogP contribution in [0, 0.1) is 0 Å². The number of ether oxygens (including phenoxy) is 2. The predicted octanol–water partition coefficient (Wildman–Crippen LogP) is 11.5. The molecule has 0 aliphatic carbocycles. The molecule has 0 spiro atoms. The number of phosphoric acid groups is 1. The Labute approximate surface area is 324 Å². The molecule has 10 heteroatoms. The molecule has 0 heterocycles. The van der Waals surface area contributed by atoms with Gasteiger partial charge in [-0.05, 0) is 77.0 Å². The van der Waals surface area contributed by atoms with Crippen molar-refractivity contribution >= 4 is 19.8 Å². The van der Waals surface area contributed by atoms with Crippen LogP contribution in [-0.2, 0) is 32.7 Å². The first-order valence-corrected chi connectivity index (χ1v) is 22.4. The second-order valence-corrected chi connectivity index (χ2v) is 16.5. The lowest BCUT2D eigenvalue weighted by Gasteiger charge is -2.24. The Kier molecular flexibility index (Phi) is 34.3. The second kappa shape index (κ2) is 35.7. The molecule has 0 bridgehead atoms. The number of allylic oxidation sites excluding steroid dienone is 8. The highest BCUT2D eigenvalue weighted by Gasteiger charge is 2.27. The van der Waals surface area contributed by atoms with Gasteiger partial charge >= 0.3 is 19.8 Å². The lowest BCUT2D eigenvalue weighted by molar-refractivity contribution is -0.870. The summed E-state index contributed by atoms with van der Waals surface area (Å²) in [5.74, 6) is -0.838. The molecule has 2 atom stereocenters. The number of quaternary nitrogens is 1. The van der Waals surface area contributed by atoms with Crippen LogP contribution in [0.4, 0.5) is 0 Å². The molecule has 308 valence electrons. The minimum atomic E-state index is -4.38. The number of esters is 2. The summed E-state index contributed by atoms with van der Waals surface area (Å²) in [5, 5.41) is 0. The van der Waals surface area contributed by atoms with Gasteiger partial charge < -0.3 is 18.9 Å². The summed E-state index contributed by atoms with van der Waals surface area (Å²) in [6.45, 7) is 4.31. The highest BCUT2D eigenvalue weighted by molar-refractivity contribution is 7.47. The zero-order valence-corrected chi connectivity index (χ0v) is 35.4. The molecule has 0 aromatic rings. The molecular formula is C43H79NO8P+. The van der Waals surface area contributed by atoms with Crippen LogP contribution >= 0.6 is 7.82 Å². The van der Waals surface area contributed by atoms with E-state index in [-0.39, 0.29) is 26.1 Å². The average Bonchev–Trinajstić information content (AvgIpc) is 3.10. The predicted molar refractivity (Wildman–Crippen MR) is 220 cm³/mol. The number of hydrogen-bond donors (Lipinski definition) is 1. The van der Waals surface area contributed by atoms with Crippen molar-refractivity contribution in [3.05, 3.63) is 48.6 Å². The number of nitrogens with zero attached hydrogens (tertiary/aromatic N) is 1. The molecule has 0 fully saturated rings. The van der Waals surface area contributed by atoms with Gasteiger partial charge in [0.2, 0.25) is 0 Å². The Morgan fingerprint density at radius 1 is 0.585 bits per heavy atom. The fourth-order valence-corrected chi connectivity index (χ4v) is 5.99. The number of hydrogen-bond acceptors (Lipinski definition) is 7. The molecule has 0 saturated heterocycles. The van der Waals surface area contributed by atoms with Crippen molar-refractivity contribution < 1.29 is 42.1 Å². The van der Waals surface area contributed by atoms with Gasteiger partial charge in [-0.3, -0.25) is 18.6 Å². The first-order valence-electron chi connectivity index (χ1n) is 20.9. The molecule has 0 aliphatic heterocycles. The number of unbranched alkanes of at least 4 members (excludes halogenated alkanes) is 15. The standard InChI is InChI=1S/C43H78NO8P/c1-6-8-10-12-14-16-18-20-21-22-23-24-26-27-29-31-33-35-42(45)49-39-41(40-51-53(47,48)50-38-37-44(3,4)5)52-43(46)36-34-32-30-28-25-19-17-15-13-11-9-7-2/h14-17,20-21,23-24,41H,6-13,18-19,22,25-40H2,1-5H3/p+1/b16-14-,17-15-,21-20-,24-23-/t41-/m1/s1. The smallest absolute Gasteiger partial charge is 0.462 e. The minimum Gasteiger partial charge on any atom is -0.462 e. The molecule has 0 aromatic carbocycles. The second-order valence-electron chi connectivity index (χ2n) is 15.0. The number of phosphoric ester groups is 1. The fourth-order valence-electron chi connectivity index (χ4n) is 5.25. The molecule has 1 unspecified atom stereocenters. The van der Waals surface area contributed by atoms with Crippen molar-refractivity contribution in [1.82, 2.24) is 0 Å². The minimum absolute atomic E-state index is 0.0248. The van der Waals surface area contributed by atoms with E-state index in [1.165, 1.54) is 44.9 Å². The topological polar surface area (TPSA) is 108 Å². The van der Waals surface area contributed by atoms with E-state index in [1.54, 1.807) is 0 Å². The van der Waals surface area contributed by atoms with E-state index in [1.807, 2.05) is 21.1 Å². The van der Waals surface area contributed by atoms with Gasteiger partial charge in [0.25, 0.3) is 0 Å². The van der Waals surface area contributed by atoms with Crippen LogP contribution in [0.3, 0.4) is 0 Å². The summed E-state index contributed by atoms with van der Waals surface area (Å²) in [4.78, 5) is 35.3. The lowest BCUT2D eigenvalue weighted by Crippen LogP contribution is -2.37. The Morgan fingerprint density at radius 3 is 1.53 bits per heavy atom. The number of rotatable bonds is 37. The summed E-state index contributed by atoms with van der Waals surface area (Å²) in [6.07, 6.45) is 40.1. The van der Waals surface area contributed by atoms with Crippen molar-refractivity contribution in [2.24, 2.45) is 0 Å². The highest BCUT2D eigenvalue weighted by atomic mass is 31.2. The van der Waals surface area contributed by atoms with E-state index >= 15 is 0 Å². The van der Waals surface area contributed by atoms with Crippen LogP contribution < -0.4 is 0 Å². The van der Waals surface area contributed by atoms with Crippen molar-refractivity contribution in [3.63, 3.8) is 0 Å². The monoisotopic (exact) mass is 769 g/mol. The SMILES string of the molecule is CCCCC/C=C\C/C=C\C/C=C\CCCCCCC(=O)OC[C@H](COP(=O)(O)OCC[N+](C)(C)C)OC(=O)CCCCCCC/C=C\CCCCC. The van der Waals surface area contributed by atoms with E-state index in [9.17, 15) is 19.0 Å². The molecule has 1 N–H and O–H groups in total. The quantitative estimate of drug-likeness (QED) is 0.0219. The molecule has 53 heavy (non-hydrogen) atoms. The number of carbonyl (C=O) groups excluding carboxylic acids is 2. The molecule has 0 amide bonds. The molecule has 0 rings (SSSR count). The molecule has 9 nitrogen and oxygen atoms in total. The largest absolute Gasteiger partial charge is 0.472 e. The number of likely N-dealkylation sites (N-methyl/N-ethyl adjacent to an activating group) is 1. The van der Waals surface area contributed by atoms with Crippen molar-refractivity contribution in [2.75, 3.05) is 47.5 Å². The van der Waals surface area contributed by atoms with Gasteiger partial charge in [0.05, 0.1) is 27.7 Å². The highest BCUT2D eigenvalue weighted by Crippen LogP contribution is 2.43.